The summed E-state index contributed by atoms with van der Waals surface area (Å²) in [5.41, 5.74) is 2.00. The molecule has 204 valence electrons. The molecule has 0 fully saturated rings. The van der Waals surface area contributed by atoms with Gasteiger partial charge in [-0.2, -0.15) is 0 Å². The molecule has 5 rings (SSSR count). The number of nitrogens with one attached hydrogen (secondary N) is 1. The molecule has 0 aliphatic rings. The molecule has 0 spiro atoms. The highest BCUT2D eigenvalue weighted by Gasteiger charge is 2.23. The van der Waals surface area contributed by atoms with Crippen LogP contribution in [0, 0.1) is 0 Å². The number of fused-ring (bicyclic) bond motifs is 1. The number of methoxy groups -OCH3 is 1. The number of aromatic carboxylic acids is 1. The second-order valence-corrected chi connectivity index (χ2v) is 10.1. The molecule has 0 aliphatic heterocycles. The number of pyridine rings is 1. The predicted octanol–water partition coefficient (Wildman–Crippen LogP) is 6.22. The number of rotatable bonds is 7. The number of para-hydroxylation sites is 1. The van der Waals surface area contributed by atoms with Crippen LogP contribution in [0.1, 0.15) is 36.8 Å². The molecule has 8 nitrogen and oxygen atoms in total. The van der Waals surface area contributed by atoms with Crippen LogP contribution in [0.4, 0.5) is 5.69 Å². The Balaban J connectivity index is 1.53. The van der Waals surface area contributed by atoms with E-state index in [-0.39, 0.29) is 17.8 Å². The van der Waals surface area contributed by atoms with E-state index in [0.717, 1.165) is 4.47 Å². The van der Waals surface area contributed by atoms with E-state index in [9.17, 15) is 24.3 Å². The van der Waals surface area contributed by atoms with Gasteiger partial charge in [-0.15, -0.1) is 0 Å². The Hall–Kier alpha value is -5.02. The van der Waals surface area contributed by atoms with Crippen LogP contribution >= 0.6 is 15.9 Å². The topological polar surface area (TPSA) is 115 Å². The molecule has 9 heteroatoms. The number of carboxylic acids is 1. The standard InChI is InChI=1S/C32H23BrN2O6/c1-41-32(40)24-9-5-6-10-26(24)34-29(36)21-13-11-19(12-14-21)18-35-28(31(38)39)27(20-7-3-2-4-8-20)25-17-22(33)15-16-23(25)30(35)37/h2-17H,18H2,1H3,(H,34,36)(H,38,39). The van der Waals surface area contributed by atoms with Crippen LogP contribution in [0.25, 0.3) is 21.9 Å². The third-order valence-electron chi connectivity index (χ3n) is 6.64. The van der Waals surface area contributed by atoms with Crippen LogP contribution in [-0.4, -0.2) is 34.6 Å². The molecule has 4 aromatic carbocycles. The lowest BCUT2D eigenvalue weighted by Crippen LogP contribution is -2.28. The first-order chi connectivity index (χ1) is 19.8. The smallest absolute Gasteiger partial charge is 0.353 e. The molecular formula is C32H23BrN2O6. The van der Waals surface area contributed by atoms with Crippen LogP contribution in [-0.2, 0) is 11.3 Å². The summed E-state index contributed by atoms with van der Waals surface area (Å²) in [5, 5.41) is 14.0. The van der Waals surface area contributed by atoms with Crippen LogP contribution in [0.15, 0.2) is 106 Å². The fourth-order valence-corrected chi connectivity index (χ4v) is 5.07. The summed E-state index contributed by atoms with van der Waals surface area (Å²) < 4.78 is 6.75. The molecule has 0 atom stereocenters. The number of hydrogen-bond acceptors (Lipinski definition) is 5. The highest BCUT2D eigenvalue weighted by molar-refractivity contribution is 9.10. The molecule has 1 amide bonds. The van der Waals surface area contributed by atoms with E-state index < -0.39 is 23.4 Å². The van der Waals surface area contributed by atoms with Crippen LogP contribution in [0.2, 0.25) is 0 Å². The minimum atomic E-state index is -1.23. The van der Waals surface area contributed by atoms with Gasteiger partial charge in [0, 0.05) is 21.0 Å². The van der Waals surface area contributed by atoms with Gasteiger partial charge in [0.2, 0.25) is 0 Å². The van der Waals surface area contributed by atoms with Crippen LogP contribution in [0.3, 0.4) is 0 Å². The van der Waals surface area contributed by atoms with Crippen molar-refractivity contribution in [2.45, 2.75) is 6.54 Å². The minimum absolute atomic E-state index is 0.0284. The number of hydrogen-bond donors (Lipinski definition) is 2. The number of amides is 1. The first kappa shape index (κ1) is 27.5. The quantitative estimate of drug-likeness (QED) is 0.212. The van der Waals surface area contributed by atoms with Gasteiger partial charge in [0.05, 0.1) is 24.9 Å². The maximum atomic E-state index is 13.6. The molecule has 41 heavy (non-hydrogen) atoms. The lowest BCUT2D eigenvalue weighted by Gasteiger charge is -2.18. The van der Waals surface area contributed by atoms with E-state index in [1.165, 1.54) is 11.7 Å². The van der Waals surface area contributed by atoms with Crippen LogP contribution < -0.4 is 10.9 Å². The average Bonchev–Trinajstić information content (AvgIpc) is 2.98. The number of esters is 1. The Morgan fingerprint density at radius 3 is 2.24 bits per heavy atom. The number of carbonyl (C=O) groups excluding carboxylic acids is 2. The molecule has 0 bridgehead atoms. The number of ether oxygens (including phenoxy) is 1. The average molecular weight is 611 g/mol. The van der Waals surface area contributed by atoms with E-state index in [2.05, 4.69) is 21.2 Å². The normalized spacial score (nSPS) is 10.8. The predicted molar refractivity (Wildman–Crippen MR) is 160 cm³/mol. The van der Waals surface area contributed by atoms with Crippen molar-refractivity contribution in [3.8, 4) is 11.1 Å². The van der Waals surface area contributed by atoms with Crippen molar-refractivity contribution >= 4 is 50.2 Å². The SMILES string of the molecule is COC(=O)c1ccccc1NC(=O)c1ccc(Cn2c(C(=O)O)c(-c3ccccc3)c3cc(Br)ccc3c2=O)cc1. The van der Waals surface area contributed by atoms with Gasteiger partial charge in [0.25, 0.3) is 11.5 Å². The molecule has 0 radical (unpaired) electrons. The van der Waals surface area contributed by atoms with E-state index in [4.69, 9.17) is 4.74 Å². The zero-order valence-corrected chi connectivity index (χ0v) is 23.3. The van der Waals surface area contributed by atoms with Crippen molar-refractivity contribution in [2.24, 2.45) is 0 Å². The number of carboxylic acid groups (broad SMARTS) is 1. The minimum Gasteiger partial charge on any atom is -0.477 e. The maximum absolute atomic E-state index is 13.6. The molecule has 0 saturated heterocycles. The fourth-order valence-electron chi connectivity index (χ4n) is 4.71. The third kappa shape index (κ3) is 5.53. The first-order valence-corrected chi connectivity index (χ1v) is 13.3. The number of carbonyl (C=O) groups is 3. The van der Waals surface area contributed by atoms with E-state index in [1.54, 1.807) is 66.7 Å². The molecule has 0 saturated carbocycles. The number of anilines is 1. The number of halogens is 1. The molecule has 0 unspecified atom stereocenters. The number of nitrogens with zero attached hydrogens (tertiary/aromatic N) is 1. The van der Waals surface area contributed by atoms with E-state index >= 15 is 0 Å². The Morgan fingerprint density at radius 2 is 1.56 bits per heavy atom. The maximum Gasteiger partial charge on any atom is 0.353 e. The molecule has 1 heterocycles. The van der Waals surface area contributed by atoms with Crippen molar-refractivity contribution < 1.29 is 24.2 Å². The monoisotopic (exact) mass is 610 g/mol. The van der Waals surface area contributed by atoms with E-state index in [0.29, 0.717) is 38.7 Å². The highest BCUT2D eigenvalue weighted by atomic mass is 79.9. The summed E-state index contributed by atoms with van der Waals surface area (Å²) in [6, 6.07) is 27.2. The summed E-state index contributed by atoms with van der Waals surface area (Å²) in [6.07, 6.45) is 0. The van der Waals surface area contributed by atoms with Gasteiger partial charge in [0.1, 0.15) is 5.69 Å². The number of benzene rings is 4. The summed E-state index contributed by atoms with van der Waals surface area (Å²) in [7, 11) is 1.26. The zero-order chi connectivity index (χ0) is 29.1. The summed E-state index contributed by atoms with van der Waals surface area (Å²) in [5.74, 6) is -2.25. The Labute approximate surface area is 243 Å². The van der Waals surface area contributed by atoms with Gasteiger partial charge < -0.3 is 15.2 Å². The highest BCUT2D eigenvalue weighted by Crippen LogP contribution is 2.33. The third-order valence-corrected chi connectivity index (χ3v) is 7.13. The fraction of sp³-hybridized carbons (Fsp3) is 0.0625. The molecule has 0 aliphatic carbocycles. The zero-order valence-electron chi connectivity index (χ0n) is 21.8. The lowest BCUT2D eigenvalue weighted by molar-refractivity contribution is 0.0600. The number of aromatic nitrogens is 1. The van der Waals surface area contributed by atoms with Crippen molar-refractivity contribution in [1.29, 1.82) is 0 Å². The Bertz CT molecular complexity index is 1860. The molecule has 1 aromatic heterocycles. The molecule has 5 aromatic rings. The van der Waals surface area contributed by atoms with E-state index in [1.807, 2.05) is 30.3 Å². The van der Waals surface area contributed by atoms with Crippen molar-refractivity contribution in [3.05, 3.63) is 134 Å². The first-order valence-electron chi connectivity index (χ1n) is 12.5. The Kier molecular flexibility index (Phi) is 7.80. The second-order valence-electron chi connectivity index (χ2n) is 9.16. The molecular weight excluding hydrogens is 588 g/mol. The molecule has 2 N–H and O–H groups in total. The van der Waals surface area contributed by atoms with Gasteiger partial charge in [-0.1, -0.05) is 70.5 Å². The van der Waals surface area contributed by atoms with Gasteiger partial charge in [0.15, 0.2) is 0 Å². The Morgan fingerprint density at radius 1 is 0.878 bits per heavy atom. The lowest BCUT2D eigenvalue weighted by atomic mass is 9.96. The summed E-state index contributed by atoms with van der Waals surface area (Å²) in [4.78, 5) is 51.2. The summed E-state index contributed by atoms with van der Waals surface area (Å²) >= 11 is 3.44. The van der Waals surface area contributed by atoms with Gasteiger partial charge in [-0.25, -0.2) is 9.59 Å². The van der Waals surface area contributed by atoms with Gasteiger partial charge >= 0.3 is 11.9 Å². The second kappa shape index (κ2) is 11.6. The summed E-state index contributed by atoms with van der Waals surface area (Å²) in [6.45, 7) is -0.0284. The van der Waals surface area contributed by atoms with Gasteiger partial charge in [-0.05, 0) is 59.0 Å². The van der Waals surface area contributed by atoms with Gasteiger partial charge in [-0.3, -0.25) is 14.2 Å². The van der Waals surface area contributed by atoms with Crippen LogP contribution in [0.5, 0.6) is 0 Å². The van der Waals surface area contributed by atoms with Crippen molar-refractivity contribution in [3.63, 3.8) is 0 Å². The van der Waals surface area contributed by atoms with Crippen molar-refractivity contribution in [1.82, 2.24) is 4.57 Å². The largest absolute Gasteiger partial charge is 0.477 e. The van der Waals surface area contributed by atoms with Crippen molar-refractivity contribution in [2.75, 3.05) is 12.4 Å².